The van der Waals surface area contributed by atoms with Gasteiger partial charge in [-0.1, -0.05) is 152 Å². The van der Waals surface area contributed by atoms with Gasteiger partial charge in [0.25, 0.3) is 0 Å². The number of hydrogen-bond donors (Lipinski definition) is 4. The summed E-state index contributed by atoms with van der Waals surface area (Å²) >= 11 is 0. The number of aryl methyl sites for hydroxylation is 1. The van der Waals surface area contributed by atoms with Gasteiger partial charge in [0.2, 0.25) is 15.9 Å². The molecule has 6 aromatic rings. The normalized spacial score (nSPS) is 19.3. The molecule has 7 atom stereocenters. The molecule has 1 fully saturated rings. The molecule has 0 aliphatic carbocycles. The first-order valence-electron chi connectivity index (χ1n) is 21.4. The van der Waals surface area contributed by atoms with E-state index in [1.807, 2.05) is 154 Å². The molecule has 0 unspecified atom stereocenters. The Kier molecular flexibility index (Phi) is 15.0. The van der Waals surface area contributed by atoms with Crippen LogP contribution in [0.4, 0.5) is 0 Å². The summed E-state index contributed by atoms with van der Waals surface area (Å²) in [6.45, 7) is 6.75. The number of ether oxygens (including phenoxy) is 2. The number of benzene rings is 6. The van der Waals surface area contributed by atoms with E-state index in [0.717, 1.165) is 50.1 Å². The maximum atomic E-state index is 13.7. The molecule has 1 aliphatic rings. The van der Waals surface area contributed by atoms with Gasteiger partial charge in [0.05, 0.1) is 29.8 Å². The van der Waals surface area contributed by atoms with Crippen LogP contribution in [0.5, 0.6) is 0 Å². The second-order valence-electron chi connectivity index (χ2n) is 16.6. The summed E-state index contributed by atoms with van der Waals surface area (Å²) in [5.41, 5.74) is 8.06. The SMILES string of the molecule is Cc1ccc(S(=O)(=O)N[C@H](Cc2ccccc2)C(=O)NCc2cccc(-c3ccc([C@H]4O[C@@H](CN(C)[C@H](C)[C@@H](O)c5ccccc5)[C@@H](C)[C@@H](c5ccc(CO)cc5)O4)cc3)c2)cc1. The molecule has 10 nitrogen and oxygen atoms in total. The highest BCUT2D eigenvalue weighted by Crippen LogP contribution is 2.42. The predicted molar refractivity (Wildman–Crippen MR) is 246 cm³/mol. The first-order chi connectivity index (χ1) is 30.4. The Bertz CT molecular complexity index is 2500. The van der Waals surface area contributed by atoms with Crippen LogP contribution in [0.1, 0.15) is 71.3 Å². The van der Waals surface area contributed by atoms with Gasteiger partial charge >= 0.3 is 0 Å². The molecule has 0 spiro atoms. The summed E-state index contributed by atoms with van der Waals surface area (Å²) in [6, 6.07) is 48.1. The van der Waals surface area contributed by atoms with Crippen molar-refractivity contribution in [3.05, 3.63) is 197 Å². The number of carbonyl (C=O) groups excluding carboxylic acids is 1. The van der Waals surface area contributed by atoms with Crippen molar-refractivity contribution in [2.45, 2.75) is 81.9 Å². The van der Waals surface area contributed by atoms with Crippen LogP contribution < -0.4 is 10.0 Å². The number of carbonyl (C=O) groups is 1. The van der Waals surface area contributed by atoms with Crippen LogP contribution in [0.3, 0.4) is 0 Å². The Morgan fingerprint density at radius 3 is 2.05 bits per heavy atom. The molecule has 6 aromatic carbocycles. The quantitative estimate of drug-likeness (QED) is 0.0721. The average Bonchev–Trinajstić information content (AvgIpc) is 3.31. The number of nitrogens with one attached hydrogen (secondary N) is 2. The smallest absolute Gasteiger partial charge is 0.241 e. The fourth-order valence-electron chi connectivity index (χ4n) is 7.96. The maximum absolute atomic E-state index is 13.7. The molecule has 63 heavy (non-hydrogen) atoms. The molecule has 328 valence electrons. The molecule has 7 rings (SSSR count). The molecule has 1 amide bonds. The van der Waals surface area contributed by atoms with Crippen molar-refractivity contribution in [1.29, 1.82) is 0 Å². The number of likely N-dealkylation sites (N-methyl/N-ethyl adjacent to an activating group) is 1. The van der Waals surface area contributed by atoms with Crippen LogP contribution in [-0.2, 0) is 43.9 Å². The highest BCUT2D eigenvalue weighted by Gasteiger charge is 2.39. The van der Waals surface area contributed by atoms with E-state index in [1.165, 1.54) is 12.1 Å². The fraction of sp³-hybridized carbons (Fsp3) is 0.288. The number of aliphatic hydroxyl groups excluding tert-OH is 2. The highest BCUT2D eigenvalue weighted by molar-refractivity contribution is 7.89. The zero-order chi connectivity index (χ0) is 44.5. The van der Waals surface area contributed by atoms with Crippen molar-refractivity contribution in [2.75, 3.05) is 13.6 Å². The van der Waals surface area contributed by atoms with Crippen molar-refractivity contribution in [1.82, 2.24) is 14.9 Å². The summed E-state index contributed by atoms with van der Waals surface area (Å²) in [5.74, 6) is -0.464. The van der Waals surface area contributed by atoms with Gasteiger partial charge in [0, 0.05) is 30.6 Å². The minimum Gasteiger partial charge on any atom is -0.392 e. The van der Waals surface area contributed by atoms with Gasteiger partial charge in [-0.3, -0.25) is 9.69 Å². The van der Waals surface area contributed by atoms with E-state index in [-0.39, 0.29) is 48.6 Å². The Morgan fingerprint density at radius 2 is 1.38 bits per heavy atom. The summed E-state index contributed by atoms with van der Waals surface area (Å²) in [5, 5.41) is 23.9. The van der Waals surface area contributed by atoms with E-state index in [9.17, 15) is 23.4 Å². The second-order valence-corrected chi connectivity index (χ2v) is 18.3. The molecule has 0 bridgehead atoms. The third-order valence-electron chi connectivity index (χ3n) is 12.0. The van der Waals surface area contributed by atoms with Crippen LogP contribution >= 0.6 is 0 Å². The standard InChI is InChI=1S/C52H57N3O7S/c1-35-18-28-46(29-19-35)63(59,60)54-47(31-38-12-7-5-8-13-38)51(58)53-32-40-14-11-17-45(30-40)41-24-26-44(27-25-41)52-61-48(33-55(4)37(3)49(57)42-15-9-6-10-16-42)36(2)50(62-52)43-22-20-39(34-56)21-23-43/h5-30,36-37,47-50,52,54,56-57H,31-34H2,1-4H3,(H,53,58)/t36-,37-,47-,48+,49-,50+,52+/m1/s1. The lowest BCUT2D eigenvalue weighted by Gasteiger charge is -2.43. The number of nitrogens with zero attached hydrogens (tertiary/aromatic N) is 1. The molecular formula is C52H57N3O7S. The zero-order valence-corrected chi connectivity index (χ0v) is 37.0. The van der Waals surface area contributed by atoms with Crippen LogP contribution in [0.15, 0.2) is 163 Å². The largest absolute Gasteiger partial charge is 0.392 e. The van der Waals surface area contributed by atoms with Crippen molar-refractivity contribution in [3.8, 4) is 11.1 Å². The Labute approximate surface area is 371 Å². The van der Waals surface area contributed by atoms with Crippen LogP contribution in [0.2, 0.25) is 0 Å². The van der Waals surface area contributed by atoms with Crippen LogP contribution in [0, 0.1) is 12.8 Å². The fourth-order valence-corrected chi connectivity index (χ4v) is 9.16. The summed E-state index contributed by atoms with van der Waals surface area (Å²) in [6.07, 6.45) is -1.69. The van der Waals surface area contributed by atoms with Crippen molar-refractivity contribution in [3.63, 3.8) is 0 Å². The maximum Gasteiger partial charge on any atom is 0.241 e. The molecule has 0 radical (unpaired) electrons. The zero-order valence-electron chi connectivity index (χ0n) is 36.2. The third kappa shape index (κ3) is 11.6. The molecule has 0 aromatic heterocycles. The van der Waals surface area contributed by atoms with E-state index >= 15 is 0 Å². The van der Waals surface area contributed by atoms with Gasteiger partial charge < -0.3 is 25.0 Å². The highest BCUT2D eigenvalue weighted by atomic mass is 32.2. The van der Waals surface area contributed by atoms with Crippen molar-refractivity contribution < 1.29 is 32.9 Å². The van der Waals surface area contributed by atoms with Crippen LogP contribution in [-0.4, -0.2) is 61.2 Å². The third-order valence-corrected chi connectivity index (χ3v) is 13.5. The van der Waals surface area contributed by atoms with Gasteiger partial charge in [-0.25, -0.2) is 8.42 Å². The van der Waals surface area contributed by atoms with E-state index in [4.69, 9.17) is 9.47 Å². The number of rotatable bonds is 17. The summed E-state index contributed by atoms with van der Waals surface area (Å²) in [4.78, 5) is 15.9. The Balaban J connectivity index is 1.05. The number of amides is 1. The number of hydrogen-bond acceptors (Lipinski definition) is 8. The lowest BCUT2D eigenvalue weighted by Crippen LogP contribution is -2.47. The number of sulfonamides is 1. The summed E-state index contributed by atoms with van der Waals surface area (Å²) in [7, 11) is -1.97. The van der Waals surface area contributed by atoms with Crippen molar-refractivity contribution >= 4 is 15.9 Å². The second kappa shape index (κ2) is 20.8. The lowest BCUT2D eigenvalue weighted by atomic mass is 9.89. The van der Waals surface area contributed by atoms with E-state index in [1.54, 1.807) is 12.1 Å². The topological polar surface area (TPSA) is 137 Å². The molecule has 0 saturated carbocycles. The Hall–Kier alpha value is -5.50. The van der Waals surface area contributed by atoms with Gasteiger partial charge in [-0.2, -0.15) is 4.72 Å². The van der Waals surface area contributed by atoms with Gasteiger partial charge in [-0.15, -0.1) is 0 Å². The molecule has 1 heterocycles. The van der Waals surface area contributed by atoms with E-state index in [2.05, 4.69) is 21.9 Å². The first-order valence-corrected chi connectivity index (χ1v) is 22.9. The predicted octanol–water partition coefficient (Wildman–Crippen LogP) is 8.21. The van der Waals surface area contributed by atoms with E-state index < -0.39 is 34.4 Å². The lowest BCUT2D eigenvalue weighted by molar-refractivity contribution is -0.276. The van der Waals surface area contributed by atoms with E-state index in [0.29, 0.717) is 6.54 Å². The molecule has 1 aliphatic heterocycles. The number of aliphatic hydroxyl groups is 2. The molecule has 1 saturated heterocycles. The average molecular weight is 868 g/mol. The van der Waals surface area contributed by atoms with Crippen molar-refractivity contribution in [2.24, 2.45) is 5.92 Å². The molecule has 4 N–H and O–H groups in total. The van der Waals surface area contributed by atoms with Gasteiger partial charge in [0.1, 0.15) is 6.04 Å². The van der Waals surface area contributed by atoms with Gasteiger partial charge in [-0.05, 0) is 84.5 Å². The summed E-state index contributed by atoms with van der Waals surface area (Å²) < 4.78 is 42.9. The Morgan fingerprint density at radius 1 is 0.746 bits per heavy atom. The monoisotopic (exact) mass is 867 g/mol. The minimum absolute atomic E-state index is 0.0331. The van der Waals surface area contributed by atoms with Gasteiger partial charge in [0.15, 0.2) is 6.29 Å². The molecular weight excluding hydrogens is 811 g/mol. The first kappa shape index (κ1) is 45.5. The molecule has 11 heteroatoms. The van der Waals surface area contributed by atoms with Crippen LogP contribution in [0.25, 0.3) is 11.1 Å². The minimum atomic E-state index is -3.97.